The number of H-pyrrole nitrogens is 1. The van der Waals surface area contributed by atoms with E-state index in [0.717, 1.165) is 40.4 Å². The van der Waals surface area contributed by atoms with Crippen LogP contribution in [-0.2, 0) is 11.3 Å². The molecule has 7 nitrogen and oxygen atoms in total. The summed E-state index contributed by atoms with van der Waals surface area (Å²) in [5.74, 6) is 0.303. The number of rotatable bonds is 10. The Balaban J connectivity index is 1.71. The number of benzene rings is 3. The molecule has 0 fully saturated rings. The number of pyridine rings is 1. The summed E-state index contributed by atoms with van der Waals surface area (Å²) < 4.78 is 0. The molecule has 0 aliphatic carbocycles. The Kier molecular flexibility index (Phi) is 8.64. The zero-order valence-electron chi connectivity index (χ0n) is 23.2. The third-order valence-corrected chi connectivity index (χ3v) is 7.43. The van der Waals surface area contributed by atoms with Gasteiger partial charge in [-0.05, 0) is 82.4 Å². The monoisotopic (exact) mass is 522 g/mol. The predicted molar refractivity (Wildman–Crippen MR) is 162 cm³/mol. The van der Waals surface area contributed by atoms with Crippen molar-refractivity contribution in [3.8, 4) is 0 Å². The lowest BCUT2D eigenvalue weighted by atomic mass is 9.89. The maximum Gasteiger partial charge on any atom is 0.255 e. The molecule has 3 aromatic carbocycles. The number of amides is 1. The van der Waals surface area contributed by atoms with Crippen LogP contribution in [-0.4, -0.2) is 30.7 Å². The SMILES string of the molecule is Bc1ccc(N=O)cc1CN(C)C(=O)C(Nc1ccc2cc[nH]c(=O)c2c1)c1ccc([C@@H](C)CCC)c(C)c1. The first kappa shape index (κ1) is 27.8. The van der Waals surface area contributed by atoms with E-state index in [1.807, 2.05) is 38.2 Å². The molecule has 1 unspecified atom stereocenters. The van der Waals surface area contributed by atoms with Crippen molar-refractivity contribution < 1.29 is 4.79 Å². The minimum atomic E-state index is -0.683. The van der Waals surface area contributed by atoms with Gasteiger partial charge in [0.15, 0.2) is 0 Å². The first-order chi connectivity index (χ1) is 18.7. The number of anilines is 1. The Bertz CT molecular complexity index is 1570. The van der Waals surface area contributed by atoms with E-state index in [2.05, 4.69) is 48.4 Å². The molecular weight excluding hydrogens is 487 g/mol. The van der Waals surface area contributed by atoms with Gasteiger partial charge in [-0.3, -0.25) is 9.59 Å². The average Bonchev–Trinajstić information content (AvgIpc) is 2.93. The van der Waals surface area contributed by atoms with E-state index < -0.39 is 6.04 Å². The Morgan fingerprint density at radius 3 is 2.62 bits per heavy atom. The summed E-state index contributed by atoms with van der Waals surface area (Å²) in [6.07, 6.45) is 3.83. The van der Waals surface area contributed by atoms with Gasteiger partial charge in [-0.2, -0.15) is 0 Å². The zero-order valence-corrected chi connectivity index (χ0v) is 23.2. The first-order valence-electron chi connectivity index (χ1n) is 13.4. The van der Waals surface area contributed by atoms with Gasteiger partial charge in [0.1, 0.15) is 19.6 Å². The number of carbonyl (C=O) groups excluding carboxylic acids is 1. The summed E-state index contributed by atoms with van der Waals surface area (Å²) in [4.78, 5) is 41.9. The lowest BCUT2D eigenvalue weighted by Gasteiger charge is -2.27. The van der Waals surface area contributed by atoms with E-state index in [-0.39, 0.29) is 11.5 Å². The first-order valence-corrected chi connectivity index (χ1v) is 13.4. The highest BCUT2D eigenvalue weighted by Crippen LogP contribution is 2.30. The van der Waals surface area contributed by atoms with Gasteiger partial charge in [-0.15, -0.1) is 4.91 Å². The molecule has 0 bridgehead atoms. The van der Waals surface area contributed by atoms with Crippen LogP contribution in [0.3, 0.4) is 0 Å². The summed E-state index contributed by atoms with van der Waals surface area (Å²) in [5.41, 5.74) is 5.94. The number of likely N-dealkylation sites (N-methyl/N-ethyl adjacent to an activating group) is 1. The van der Waals surface area contributed by atoms with Gasteiger partial charge in [0.25, 0.3) is 5.56 Å². The average molecular weight is 522 g/mol. The number of aryl methyl sites for hydroxylation is 1. The van der Waals surface area contributed by atoms with Crippen LogP contribution in [0.2, 0.25) is 0 Å². The van der Waals surface area contributed by atoms with Crippen molar-refractivity contribution in [1.29, 1.82) is 0 Å². The number of fused-ring (bicyclic) bond motifs is 1. The molecule has 1 heterocycles. The highest BCUT2D eigenvalue weighted by molar-refractivity contribution is 6.33. The van der Waals surface area contributed by atoms with Crippen LogP contribution < -0.4 is 16.3 Å². The molecule has 2 atom stereocenters. The highest BCUT2D eigenvalue weighted by atomic mass is 16.3. The van der Waals surface area contributed by atoms with Crippen molar-refractivity contribution in [3.63, 3.8) is 0 Å². The van der Waals surface area contributed by atoms with Crippen molar-refractivity contribution in [1.82, 2.24) is 9.88 Å². The molecule has 2 N–H and O–H groups in total. The van der Waals surface area contributed by atoms with Crippen molar-refractivity contribution in [2.45, 2.75) is 52.1 Å². The topological polar surface area (TPSA) is 94.6 Å². The molecule has 0 spiro atoms. The van der Waals surface area contributed by atoms with Crippen LogP contribution in [0.15, 0.2) is 76.8 Å². The summed E-state index contributed by atoms with van der Waals surface area (Å²) in [6, 6.07) is 18.2. The number of aromatic amines is 1. The number of nitrogens with one attached hydrogen (secondary N) is 2. The molecule has 1 amide bonds. The number of aromatic nitrogens is 1. The summed E-state index contributed by atoms with van der Waals surface area (Å²) >= 11 is 0. The molecule has 0 aliphatic rings. The van der Waals surface area contributed by atoms with Crippen LogP contribution in [0.4, 0.5) is 11.4 Å². The fraction of sp³-hybridized carbons (Fsp3) is 0.290. The van der Waals surface area contributed by atoms with Gasteiger partial charge in [0, 0.05) is 30.9 Å². The molecule has 39 heavy (non-hydrogen) atoms. The Hall–Kier alpha value is -4.20. The number of nitroso groups, excluding NO2 is 1. The van der Waals surface area contributed by atoms with Crippen molar-refractivity contribution in [3.05, 3.63) is 104 Å². The molecule has 200 valence electrons. The van der Waals surface area contributed by atoms with Crippen LogP contribution in [0.1, 0.15) is 60.9 Å². The molecule has 1 aromatic heterocycles. The van der Waals surface area contributed by atoms with E-state index >= 15 is 0 Å². The molecule has 0 aliphatic heterocycles. The van der Waals surface area contributed by atoms with Crippen molar-refractivity contribution in [2.75, 3.05) is 12.4 Å². The molecule has 8 heteroatoms. The van der Waals surface area contributed by atoms with E-state index in [1.165, 1.54) is 5.56 Å². The second kappa shape index (κ2) is 12.1. The third kappa shape index (κ3) is 6.28. The Morgan fingerprint density at radius 1 is 1.10 bits per heavy atom. The molecular formula is C31H35BN4O3. The fourth-order valence-electron chi connectivity index (χ4n) is 5.19. The molecule has 0 saturated carbocycles. The third-order valence-electron chi connectivity index (χ3n) is 7.43. The number of carbonyl (C=O) groups is 1. The highest BCUT2D eigenvalue weighted by Gasteiger charge is 2.26. The minimum Gasteiger partial charge on any atom is -0.370 e. The molecule has 4 aromatic rings. The zero-order chi connectivity index (χ0) is 28.1. The Labute approximate surface area is 230 Å². The van der Waals surface area contributed by atoms with Crippen LogP contribution in [0.5, 0.6) is 0 Å². The lowest BCUT2D eigenvalue weighted by Crippen LogP contribution is -2.36. The molecule has 4 rings (SSSR count). The standard InChI is InChI=1S/C31H35BN4O3/c1-5-6-19(2)26-11-8-22(15-20(26)3)29(34-24-9-7-21-13-14-33-30(37)27(21)17-24)31(38)36(4)18-23-16-25(35-39)10-12-28(23)32/h7-17,19,29,34H,5-6,18,32H2,1-4H3,(H,33,37)/t19-,29?/m0/s1. The molecule has 0 radical (unpaired) electrons. The predicted octanol–water partition coefficient (Wildman–Crippen LogP) is 5.21. The fourth-order valence-corrected chi connectivity index (χ4v) is 5.19. The van der Waals surface area contributed by atoms with E-state index in [1.54, 1.807) is 36.3 Å². The van der Waals surface area contributed by atoms with Crippen molar-refractivity contribution in [2.24, 2.45) is 5.18 Å². The maximum atomic E-state index is 14.0. The molecule has 0 saturated heterocycles. The lowest BCUT2D eigenvalue weighted by molar-refractivity contribution is -0.131. The number of hydrogen-bond donors (Lipinski definition) is 2. The normalized spacial score (nSPS) is 12.6. The van der Waals surface area contributed by atoms with Crippen LogP contribution in [0, 0.1) is 11.8 Å². The number of hydrogen-bond acceptors (Lipinski definition) is 5. The van der Waals surface area contributed by atoms with E-state index in [9.17, 15) is 14.5 Å². The quantitative estimate of drug-likeness (QED) is 0.221. The van der Waals surface area contributed by atoms with Gasteiger partial charge in [0.2, 0.25) is 5.91 Å². The largest absolute Gasteiger partial charge is 0.370 e. The smallest absolute Gasteiger partial charge is 0.255 e. The van der Waals surface area contributed by atoms with E-state index in [0.29, 0.717) is 29.2 Å². The van der Waals surface area contributed by atoms with Crippen LogP contribution >= 0.6 is 0 Å². The second-order valence-corrected chi connectivity index (χ2v) is 10.4. The van der Waals surface area contributed by atoms with Crippen LogP contribution in [0.25, 0.3) is 10.8 Å². The van der Waals surface area contributed by atoms with Gasteiger partial charge in [0.05, 0.1) is 0 Å². The van der Waals surface area contributed by atoms with Gasteiger partial charge < -0.3 is 15.2 Å². The van der Waals surface area contributed by atoms with Gasteiger partial charge in [-0.25, -0.2) is 0 Å². The maximum absolute atomic E-state index is 14.0. The van der Waals surface area contributed by atoms with Crippen molar-refractivity contribution >= 4 is 41.4 Å². The van der Waals surface area contributed by atoms with E-state index in [4.69, 9.17) is 0 Å². The Morgan fingerprint density at radius 2 is 1.90 bits per heavy atom. The summed E-state index contributed by atoms with van der Waals surface area (Å²) in [6.45, 7) is 6.84. The summed E-state index contributed by atoms with van der Waals surface area (Å²) in [7, 11) is 3.71. The van der Waals surface area contributed by atoms with Gasteiger partial charge >= 0.3 is 0 Å². The summed E-state index contributed by atoms with van der Waals surface area (Å²) in [5, 5.41) is 7.83. The number of nitrogens with zero attached hydrogens (tertiary/aromatic N) is 2. The minimum absolute atomic E-state index is 0.130. The van der Waals surface area contributed by atoms with Gasteiger partial charge in [-0.1, -0.05) is 56.1 Å². The second-order valence-electron chi connectivity index (χ2n) is 10.4.